The Morgan fingerprint density at radius 3 is 2.82 bits per heavy atom. The maximum Gasteiger partial charge on any atom is 0.322 e. The molecule has 0 bridgehead atoms. The first-order valence-electron chi connectivity index (χ1n) is 8.98. The fraction of sp³-hybridized carbons (Fsp3) is 0.500. The Labute approximate surface area is 161 Å². The molecule has 10 heteroatoms. The molecule has 2 aliphatic heterocycles. The van der Waals surface area contributed by atoms with Gasteiger partial charge in [-0.25, -0.2) is 4.79 Å². The number of nitriles is 1. The van der Waals surface area contributed by atoms with Crippen molar-refractivity contribution in [3.8, 4) is 6.07 Å². The zero-order chi connectivity index (χ0) is 20.4. The Morgan fingerprint density at radius 1 is 1.43 bits per heavy atom. The van der Waals surface area contributed by atoms with Gasteiger partial charge in [-0.15, -0.1) is 0 Å². The van der Waals surface area contributed by atoms with E-state index >= 15 is 0 Å². The van der Waals surface area contributed by atoms with Crippen LogP contribution in [-0.4, -0.2) is 53.8 Å². The predicted octanol–water partition coefficient (Wildman–Crippen LogP) is 0.0246. The molecule has 2 fully saturated rings. The smallest absolute Gasteiger partial charge is 0.322 e. The van der Waals surface area contributed by atoms with Crippen molar-refractivity contribution in [3.05, 3.63) is 23.2 Å². The number of nitrogens with one attached hydrogen (secondary N) is 3. The van der Waals surface area contributed by atoms with Crippen LogP contribution in [0.25, 0.3) is 0 Å². The van der Waals surface area contributed by atoms with E-state index in [4.69, 9.17) is 9.68 Å². The minimum Gasteiger partial charge on any atom is -0.450 e. The van der Waals surface area contributed by atoms with Gasteiger partial charge in [-0.2, -0.15) is 5.26 Å². The van der Waals surface area contributed by atoms with E-state index in [1.807, 2.05) is 13.0 Å². The van der Waals surface area contributed by atoms with Crippen LogP contribution < -0.4 is 16.0 Å². The maximum atomic E-state index is 12.8. The van der Waals surface area contributed by atoms with Crippen molar-refractivity contribution in [1.29, 1.82) is 5.26 Å². The summed E-state index contributed by atoms with van der Waals surface area (Å²) in [6.45, 7) is 4.34. The average molecular weight is 387 g/mol. The SMILES string of the molecule is Cc1oc(C#N)cc1C(=O)N1CC(CNC(=O)[C@@H]2CC(=O)NC(=O)N2)CC1C. The van der Waals surface area contributed by atoms with E-state index in [-0.39, 0.29) is 30.0 Å². The molecule has 0 aromatic carbocycles. The lowest BCUT2D eigenvalue weighted by atomic mass is 10.1. The molecule has 3 heterocycles. The summed E-state index contributed by atoms with van der Waals surface area (Å²) in [6, 6.07) is 1.71. The van der Waals surface area contributed by atoms with E-state index in [9.17, 15) is 19.2 Å². The molecule has 0 radical (unpaired) electrons. The third-order valence-corrected chi connectivity index (χ3v) is 5.01. The van der Waals surface area contributed by atoms with Crippen LogP contribution in [0.5, 0.6) is 0 Å². The highest BCUT2D eigenvalue weighted by Gasteiger charge is 2.35. The third kappa shape index (κ3) is 3.98. The Morgan fingerprint density at radius 2 is 2.18 bits per heavy atom. The quantitative estimate of drug-likeness (QED) is 0.664. The van der Waals surface area contributed by atoms with Gasteiger partial charge in [0.2, 0.25) is 17.6 Å². The van der Waals surface area contributed by atoms with Crippen LogP contribution in [0.2, 0.25) is 0 Å². The van der Waals surface area contributed by atoms with Gasteiger partial charge in [0.05, 0.1) is 12.0 Å². The van der Waals surface area contributed by atoms with Gasteiger partial charge < -0.3 is 20.0 Å². The molecule has 0 saturated carbocycles. The van der Waals surface area contributed by atoms with Crippen molar-refractivity contribution < 1.29 is 23.6 Å². The number of imide groups is 1. The van der Waals surface area contributed by atoms with Crippen molar-refractivity contribution in [2.75, 3.05) is 13.1 Å². The molecule has 2 unspecified atom stereocenters. The van der Waals surface area contributed by atoms with Gasteiger partial charge in [0.25, 0.3) is 5.91 Å². The third-order valence-electron chi connectivity index (χ3n) is 5.01. The molecule has 0 aliphatic carbocycles. The molecule has 3 atom stereocenters. The van der Waals surface area contributed by atoms with Crippen LogP contribution >= 0.6 is 0 Å². The summed E-state index contributed by atoms with van der Waals surface area (Å²) in [5.41, 5.74) is 0.365. The van der Waals surface area contributed by atoms with Crippen LogP contribution in [0.4, 0.5) is 4.79 Å². The number of rotatable bonds is 4. The summed E-state index contributed by atoms with van der Waals surface area (Å²) >= 11 is 0. The molecular formula is C18H21N5O5. The van der Waals surface area contributed by atoms with Crippen LogP contribution in [0.1, 0.15) is 41.6 Å². The first-order chi connectivity index (χ1) is 13.3. The fourth-order valence-corrected chi connectivity index (χ4v) is 3.61. The van der Waals surface area contributed by atoms with E-state index in [0.717, 1.165) is 0 Å². The largest absolute Gasteiger partial charge is 0.450 e. The topological polar surface area (TPSA) is 145 Å². The second kappa shape index (κ2) is 7.72. The Kier molecular flexibility index (Phi) is 5.35. The lowest BCUT2D eigenvalue weighted by Gasteiger charge is -2.23. The lowest BCUT2D eigenvalue weighted by molar-refractivity contribution is -0.128. The van der Waals surface area contributed by atoms with Crippen LogP contribution in [0.15, 0.2) is 10.5 Å². The van der Waals surface area contributed by atoms with E-state index in [1.54, 1.807) is 11.8 Å². The summed E-state index contributed by atoms with van der Waals surface area (Å²) in [5.74, 6) is -0.599. The summed E-state index contributed by atoms with van der Waals surface area (Å²) in [4.78, 5) is 49.4. The molecule has 2 saturated heterocycles. The molecular weight excluding hydrogens is 366 g/mol. The van der Waals surface area contributed by atoms with Gasteiger partial charge in [0, 0.05) is 25.2 Å². The molecule has 1 aromatic rings. The highest BCUT2D eigenvalue weighted by molar-refractivity contribution is 6.02. The van der Waals surface area contributed by atoms with Gasteiger partial charge in [0.1, 0.15) is 17.9 Å². The van der Waals surface area contributed by atoms with E-state index < -0.39 is 23.9 Å². The number of carbonyl (C=O) groups is 4. The Bertz CT molecular complexity index is 854. The summed E-state index contributed by atoms with van der Waals surface area (Å²) < 4.78 is 5.24. The first kappa shape index (κ1) is 19.4. The predicted molar refractivity (Wildman–Crippen MR) is 94.9 cm³/mol. The van der Waals surface area contributed by atoms with Crippen LogP contribution in [0.3, 0.4) is 0 Å². The van der Waals surface area contributed by atoms with Gasteiger partial charge in [-0.05, 0) is 26.2 Å². The van der Waals surface area contributed by atoms with Crippen LogP contribution in [-0.2, 0) is 9.59 Å². The molecule has 2 aliphatic rings. The van der Waals surface area contributed by atoms with Gasteiger partial charge in [-0.1, -0.05) is 0 Å². The Hall–Kier alpha value is -3.35. The molecule has 1 aromatic heterocycles. The molecule has 0 spiro atoms. The number of hydrogen-bond acceptors (Lipinski definition) is 6. The van der Waals surface area contributed by atoms with Crippen molar-refractivity contribution in [1.82, 2.24) is 20.9 Å². The average Bonchev–Trinajstić information content (AvgIpc) is 3.20. The second-order valence-corrected chi connectivity index (χ2v) is 7.12. The van der Waals surface area contributed by atoms with Gasteiger partial charge >= 0.3 is 6.03 Å². The summed E-state index contributed by atoms with van der Waals surface area (Å²) in [7, 11) is 0. The molecule has 3 rings (SSSR count). The number of likely N-dealkylation sites (tertiary alicyclic amines) is 1. The van der Waals surface area contributed by atoms with Crippen molar-refractivity contribution in [2.24, 2.45) is 5.92 Å². The van der Waals surface area contributed by atoms with Crippen molar-refractivity contribution in [2.45, 2.75) is 38.8 Å². The second-order valence-electron chi connectivity index (χ2n) is 7.12. The number of hydrogen-bond donors (Lipinski definition) is 3. The highest BCUT2D eigenvalue weighted by atomic mass is 16.3. The number of nitrogens with zero attached hydrogens (tertiary/aromatic N) is 2. The van der Waals surface area contributed by atoms with Gasteiger partial charge in [0.15, 0.2) is 0 Å². The number of furan rings is 1. The van der Waals surface area contributed by atoms with Crippen molar-refractivity contribution >= 4 is 23.8 Å². The fourth-order valence-electron chi connectivity index (χ4n) is 3.61. The number of aryl methyl sites for hydroxylation is 1. The van der Waals surface area contributed by atoms with E-state index in [0.29, 0.717) is 30.8 Å². The van der Waals surface area contributed by atoms with Gasteiger partial charge in [-0.3, -0.25) is 19.7 Å². The number of urea groups is 1. The normalized spacial score (nSPS) is 24.3. The summed E-state index contributed by atoms with van der Waals surface area (Å²) in [6.07, 6.45) is 0.593. The highest BCUT2D eigenvalue weighted by Crippen LogP contribution is 2.26. The van der Waals surface area contributed by atoms with E-state index in [2.05, 4.69) is 16.0 Å². The van der Waals surface area contributed by atoms with Crippen molar-refractivity contribution in [3.63, 3.8) is 0 Å². The van der Waals surface area contributed by atoms with E-state index in [1.165, 1.54) is 6.07 Å². The number of carbonyl (C=O) groups excluding carboxylic acids is 4. The zero-order valence-corrected chi connectivity index (χ0v) is 15.6. The molecule has 28 heavy (non-hydrogen) atoms. The maximum absolute atomic E-state index is 12.8. The summed E-state index contributed by atoms with van der Waals surface area (Å²) in [5, 5.41) is 16.1. The minimum atomic E-state index is -0.893. The zero-order valence-electron chi connectivity index (χ0n) is 15.6. The molecule has 5 amide bonds. The first-order valence-corrected chi connectivity index (χ1v) is 8.98. The van der Waals surface area contributed by atoms with Crippen LogP contribution in [0, 0.1) is 24.2 Å². The lowest BCUT2D eigenvalue weighted by Crippen LogP contribution is -2.58. The molecule has 148 valence electrons. The number of amides is 5. The standard InChI is InChI=1S/C18H21N5O5/c1-9-3-11(7-20-16(25)14-5-15(24)22-18(27)21-14)8-23(9)17(26)13-4-12(6-19)28-10(13)2/h4,9,11,14H,3,5,7-8H2,1-2H3,(H,20,25)(H2,21,22,24,27)/t9?,11?,14-/m0/s1. The Balaban J connectivity index is 1.56. The molecule has 3 N–H and O–H groups in total. The molecule has 10 nitrogen and oxygen atoms in total. The monoisotopic (exact) mass is 387 g/mol. The minimum absolute atomic E-state index is 0.0330.